The first-order valence-electron chi connectivity index (χ1n) is 6.60. The second-order valence-corrected chi connectivity index (χ2v) is 4.77. The molecule has 1 atom stereocenters. The van der Waals surface area contributed by atoms with Crippen LogP contribution in [0.1, 0.15) is 37.3 Å². The lowest BCUT2D eigenvalue weighted by molar-refractivity contribution is 0.226. The minimum atomic E-state index is 0.387. The number of ether oxygens (including phenoxy) is 1. The third-order valence-electron chi connectivity index (χ3n) is 3.64. The zero-order valence-corrected chi connectivity index (χ0v) is 10.9. The van der Waals surface area contributed by atoms with Crippen LogP contribution in [0, 0.1) is 11.3 Å². The number of hydrogen-bond donors (Lipinski definition) is 0. The minimum Gasteiger partial charge on any atom is -0.497 e. The van der Waals surface area contributed by atoms with Crippen molar-refractivity contribution in [3.05, 3.63) is 29.8 Å². The third kappa shape index (κ3) is 3.02. The fourth-order valence-corrected chi connectivity index (χ4v) is 2.65. The van der Waals surface area contributed by atoms with E-state index in [-0.39, 0.29) is 0 Å². The van der Waals surface area contributed by atoms with Crippen molar-refractivity contribution in [2.45, 2.75) is 31.7 Å². The molecule has 0 amide bonds. The molecule has 2 rings (SSSR count). The molecule has 0 aromatic heterocycles. The van der Waals surface area contributed by atoms with Gasteiger partial charge < -0.3 is 4.74 Å². The van der Waals surface area contributed by atoms with Crippen LogP contribution in [0.3, 0.4) is 0 Å². The van der Waals surface area contributed by atoms with E-state index < -0.39 is 0 Å². The Morgan fingerprint density at radius 3 is 2.72 bits per heavy atom. The summed E-state index contributed by atoms with van der Waals surface area (Å²) in [5, 5.41) is 8.95. The molecule has 1 unspecified atom stereocenters. The van der Waals surface area contributed by atoms with E-state index in [2.05, 4.69) is 23.1 Å². The lowest BCUT2D eigenvalue weighted by Crippen LogP contribution is -2.28. The Hall–Kier alpha value is -1.53. The second kappa shape index (κ2) is 6.42. The van der Waals surface area contributed by atoms with Crippen LogP contribution in [0.5, 0.6) is 5.75 Å². The van der Waals surface area contributed by atoms with E-state index in [1.807, 2.05) is 12.1 Å². The topological polar surface area (TPSA) is 36.3 Å². The van der Waals surface area contributed by atoms with Crippen LogP contribution >= 0.6 is 0 Å². The van der Waals surface area contributed by atoms with Crippen LogP contribution < -0.4 is 4.74 Å². The maximum absolute atomic E-state index is 8.95. The third-order valence-corrected chi connectivity index (χ3v) is 3.64. The van der Waals surface area contributed by atoms with Gasteiger partial charge in [0.2, 0.25) is 0 Å². The molecule has 96 valence electrons. The average molecular weight is 244 g/mol. The van der Waals surface area contributed by atoms with Gasteiger partial charge in [-0.3, -0.25) is 4.90 Å². The molecule has 0 aliphatic carbocycles. The van der Waals surface area contributed by atoms with Crippen LogP contribution in [0.25, 0.3) is 0 Å². The first-order valence-corrected chi connectivity index (χ1v) is 6.60. The van der Waals surface area contributed by atoms with Crippen molar-refractivity contribution in [1.29, 1.82) is 5.26 Å². The van der Waals surface area contributed by atoms with Crippen LogP contribution in [0.15, 0.2) is 24.3 Å². The number of hydrogen-bond acceptors (Lipinski definition) is 3. The van der Waals surface area contributed by atoms with Gasteiger partial charge in [-0.15, -0.1) is 0 Å². The van der Waals surface area contributed by atoms with Gasteiger partial charge in [0, 0.05) is 6.04 Å². The van der Waals surface area contributed by atoms with E-state index in [9.17, 15) is 0 Å². The maximum atomic E-state index is 8.95. The molecule has 3 heteroatoms. The van der Waals surface area contributed by atoms with E-state index in [0.717, 1.165) is 18.7 Å². The quantitative estimate of drug-likeness (QED) is 0.766. The summed E-state index contributed by atoms with van der Waals surface area (Å²) in [6.45, 7) is 1.56. The van der Waals surface area contributed by atoms with Gasteiger partial charge in [0.25, 0.3) is 0 Å². The predicted octanol–water partition coefficient (Wildman–Crippen LogP) is 3.14. The maximum Gasteiger partial charge on any atom is 0.118 e. The summed E-state index contributed by atoms with van der Waals surface area (Å²) < 4.78 is 5.19. The molecule has 0 saturated carbocycles. The number of rotatable bonds is 3. The monoisotopic (exact) mass is 244 g/mol. The van der Waals surface area contributed by atoms with Crippen molar-refractivity contribution in [1.82, 2.24) is 4.90 Å². The molecule has 0 spiro atoms. The summed E-state index contributed by atoms with van der Waals surface area (Å²) in [5.41, 5.74) is 1.30. The van der Waals surface area contributed by atoms with E-state index in [1.165, 1.54) is 24.8 Å². The van der Waals surface area contributed by atoms with Crippen molar-refractivity contribution in [3.8, 4) is 11.8 Å². The van der Waals surface area contributed by atoms with Gasteiger partial charge in [-0.2, -0.15) is 5.26 Å². The van der Waals surface area contributed by atoms with Crippen LogP contribution in [0.2, 0.25) is 0 Å². The highest BCUT2D eigenvalue weighted by Gasteiger charge is 2.22. The van der Waals surface area contributed by atoms with Gasteiger partial charge in [-0.05, 0) is 37.1 Å². The van der Waals surface area contributed by atoms with Gasteiger partial charge in [-0.1, -0.05) is 25.0 Å². The minimum absolute atomic E-state index is 0.387. The summed E-state index contributed by atoms with van der Waals surface area (Å²) >= 11 is 0. The lowest BCUT2D eigenvalue weighted by atomic mass is 10.0. The molecule has 0 bridgehead atoms. The molecule has 1 saturated heterocycles. The Morgan fingerprint density at radius 1 is 1.28 bits per heavy atom. The van der Waals surface area contributed by atoms with Crippen LogP contribution in [-0.2, 0) is 0 Å². The summed E-state index contributed by atoms with van der Waals surface area (Å²) in [4.78, 5) is 2.30. The first-order chi connectivity index (χ1) is 8.85. The smallest absolute Gasteiger partial charge is 0.118 e. The van der Waals surface area contributed by atoms with Crippen molar-refractivity contribution in [2.24, 2.45) is 0 Å². The molecule has 1 aromatic carbocycles. The molecule has 0 radical (unpaired) electrons. The number of benzene rings is 1. The number of methoxy groups -OCH3 is 1. The van der Waals surface area contributed by atoms with Gasteiger partial charge in [0.05, 0.1) is 19.7 Å². The van der Waals surface area contributed by atoms with E-state index in [4.69, 9.17) is 10.00 Å². The van der Waals surface area contributed by atoms with Crippen molar-refractivity contribution in [2.75, 3.05) is 20.2 Å². The van der Waals surface area contributed by atoms with E-state index in [1.54, 1.807) is 7.11 Å². The molecule has 1 fully saturated rings. The largest absolute Gasteiger partial charge is 0.497 e. The molecule has 1 aliphatic rings. The number of likely N-dealkylation sites (tertiary alicyclic amines) is 1. The Balaban J connectivity index is 2.17. The van der Waals surface area contributed by atoms with Crippen molar-refractivity contribution in [3.63, 3.8) is 0 Å². The van der Waals surface area contributed by atoms with Gasteiger partial charge in [-0.25, -0.2) is 0 Å². The second-order valence-electron chi connectivity index (χ2n) is 4.77. The summed E-state index contributed by atoms with van der Waals surface area (Å²) in [7, 11) is 1.68. The molecule has 18 heavy (non-hydrogen) atoms. The van der Waals surface area contributed by atoms with Gasteiger partial charge >= 0.3 is 0 Å². The van der Waals surface area contributed by atoms with Crippen molar-refractivity contribution >= 4 is 0 Å². The molecule has 3 nitrogen and oxygen atoms in total. The molecule has 1 heterocycles. The fraction of sp³-hybridized carbons (Fsp3) is 0.533. The highest BCUT2D eigenvalue weighted by molar-refractivity contribution is 5.29. The van der Waals surface area contributed by atoms with Crippen LogP contribution in [0.4, 0.5) is 0 Å². The Labute approximate surface area is 109 Å². The zero-order chi connectivity index (χ0) is 12.8. The SMILES string of the molecule is COc1ccc(C2CCCCCN2CC#N)cc1. The Morgan fingerprint density at radius 2 is 2.06 bits per heavy atom. The molecule has 1 aliphatic heterocycles. The average Bonchev–Trinajstić information content (AvgIpc) is 2.65. The summed E-state index contributed by atoms with van der Waals surface area (Å²) in [6.07, 6.45) is 4.87. The van der Waals surface area contributed by atoms with Crippen LogP contribution in [-0.4, -0.2) is 25.1 Å². The molecule has 0 N–H and O–H groups in total. The Kier molecular flexibility index (Phi) is 4.60. The summed E-state index contributed by atoms with van der Waals surface area (Å²) in [6, 6.07) is 10.9. The molecule has 1 aromatic rings. The number of nitriles is 1. The Bertz CT molecular complexity index is 407. The van der Waals surface area contributed by atoms with E-state index in [0.29, 0.717) is 12.6 Å². The van der Waals surface area contributed by atoms with Gasteiger partial charge in [0.15, 0.2) is 0 Å². The highest BCUT2D eigenvalue weighted by atomic mass is 16.5. The molecular formula is C15H20N2O. The normalized spacial score (nSPS) is 21.0. The van der Waals surface area contributed by atoms with Gasteiger partial charge in [0.1, 0.15) is 5.75 Å². The molecular weight excluding hydrogens is 224 g/mol. The predicted molar refractivity (Wildman–Crippen MR) is 71.4 cm³/mol. The first kappa shape index (κ1) is 12.9. The standard InChI is InChI=1S/C15H20N2O/c1-18-14-8-6-13(7-9-14)15-5-3-2-4-11-17(15)12-10-16/h6-9,15H,2-5,11-12H2,1H3. The summed E-state index contributed by atoms with van der Waals surface area (Å²) in [5.74, 6) is 0.888. The fourth-order valence-electron chi connectivity index (χ4n) is 2.65. The highest BCUT2D eigenvalue weighted by Crippen LogP contribution is 2.30. The lowest BCUT2D eigenvalue weighted by Gasteiger charge is -2.28. The number of nitrogens with zero attached hydrogens (tertiary/aromatic N) is 2. The van der Waals surface area contributed by atoms with E-state index >= 15 is 0 Å². The van der Waals surface area contributed by atoms with Crippen molar-refractivity contribution < 1.29 is 4.74 Å². The zero-order valence-electron chi connectivity index (χ0n) is 10.9.